The van der Waals surface area contributed by atoms with Crippen molar-refractivity contribution in [2.24, 2.45) is 5.92 Å². The third kappa shape index (κ3) is 4.86. The lowest BCUT2D eigenvalue weighted by molar-refractivity contribution is -0.141. The van der Waals surface area contributed by atoms with Crippen LogP contribution >= 0.6 is 11.3 Å². The van der Waals surface area contributed by atoms with Gasteiger partial charge < -0.3 is 10.4 Å². The highest BCUT2D eigenvalue weighted by atomic mass is 32.1. The summed E-state index contributed by atoms with van der Waals surface area (Å²) >= 11 is 1.07. The molecule has 1 amide bonds. The summed E-state index contributed by atoms with van der Waals surface area (Å²) in [6, 6.07) is 0. The number of carboxylic acid groups (broad SMARTS) is 1. The number of nitrogens with zero attached hydrogens (tertiary/aromatic N) is 1. The highest BCUT2D eigenvalue weighted by molar-refractivity contribution is 7.07. The van der Waals surface area contributed by atoms with Crippen LogP contribution in [-0.4, -0.2) is 28.1 Å². The van der Waals surface area contributed by atoms with Gasteiger partial charge in [0.05, 0.1) is 5.92 Å². The van der Waals surface area contributed by atoms with Gasteiger partial charge in [-0.25, -0.2) is 0 Å². The van der Waals surface area contributed by atoms with Gasteiger partial charge in [0, 0.05) is 17.6 Å². The average Bonchev–Trinajstić information content (AvgIpc) is 2.66. The van der Waals surface area contributed by atoms with Gasteiger partial charge in [0.25, 0.3) is 0 Å². The van der Waals surface area contributed by atoms with E-state index in [-0.39, 0.29) is 17.3 Å². The molecule has 0 aliphatic heterocycles. The molecular formula is C12H18N2O4S. The smallest absolute Gasteiger partial charge is 0.307 e. The number of hydrogen-bond donors (Lipinski definition) is 2. The number of aryl methyl sites for hydroxylation is 1. The predicted molar refractivity (Wildman–Crippen MR) is 72.4 cm³/mol. The second-order valence-corrected chi connectivity index (χ2v) is 5.28. The Hall–Kier alpha value is -1.63. The molecular weight excluding hydrogens is 268 g/mol. The molecule has 0 aromatic carbocycles. The Morgan fingerprint density at radius 1 is 1.53 bits per heavy atom. The van der Waals surface area contributed by atoms with E-state index in [0.29, 0.717) is 19.4 Å². The van der Waals surface area contributed by atoms with E-state index in [0.717, 1.165) is 17.0 Å². The van der Waals surface area contributed by atoms with Crippen LogP contribution in [0.2, 0.25) is 0 Å². The van der Waals surface area contributed by atoms with Crippen molar-refractivity contribution in [2.45, 2.75) is 33.2 Å². The first kappa shape index (κ1) is 15.4. The van der Waals surface area contributed by atoms with Crippen molar-refractivity contribution in [3.05, 3.63) is 20.7 Å². The maximum atomic E-state index is 11.6. The van der Waals surface area contributed by atoms with E-state index in [1.165, 1.54) is 4.57 Å². The van der Waals surface area contributed by atoms with Crippen molar-refractivity contribution < 1.29 is 14.7 Å². The quantitative estimate of drug-likeness (QED) is 0.727. The Morgan fingerprint density at radius 2 is 2.21 bits per heavy atom. The second-order valence-electron chi connectivity index (χ2n) is 4.46. The molecule has 2 N–H and O–H groups in total. The van der Waals surface area contributed by atoms with E-state index >= 15 is 0 Å². The minimum absolute atomic E-state index is 0.0165. The standard InChI is InChI=1S/C12H18N2O4S/c1-8(11(16)17)4-3-5-13-10(15)6-14-9(2)7-19-12(14)18/h7-8H,3-6H2,1-2H3,(H,13,15)(H,16,17). The first-order valence-electron chi connectivity index (χ1n) is 6.06. The number of thiazole rings is 1. The molecule has 1 atom stereocenters. The monoisotopic (exact) mass is 286 g/mol. The van der Waals surface area contributed by atoms with E-state index < -0.39 is 11.9 Å². The summed E-state index contributed by atoms with van der Waals surface area (Å²) in [6.07, 6.45) is 1.13. The Kier molecular flexibility index (Phi) is 5.75. The molecule has 1 aromatic heterocycles. The molecule has 0 saturated carbocycles. The molecule has 1 rings (SSSR count). The molecule has 1 unspecified atom stereocenters. The first-order chi connectivity index (χ1) is 8.91. The number of carboxylic acids is 1. The predicted octanol–water partition coefficient (Wildman–Crippen LogP) is 0.835. The van der Waals surface area contributed by atoms with Crippen LogP contribution < -0.4 is 10.2 Å². The van der Waals surface area contributed by atoms with Gasteiger partial charge >= 0.3 is 10.8 Å². The maximum absolute atomic E-state index is 11.6. The van der Waals surface area contributed by atoms with Crippen LogP contribution in [0.25, 0.3) is 0 Å². The Balaban J connectivity index is 2.29. The summed E-state index contributed by atoms with van der Waals surface area (Å²) < 4.78 is 1.42. The molecule has 0 saturated heterocycles. The van der Waals surface area contributed by atoms with Gasteiger partial charge in [-0.15, -0.1) is 0 Å². The molecule has 19 heavy (non-hydrogen) atoms. The molecule has 106 valence electrons. The number of carbonyl (C=O) groups excluding carboxylic acids is 1. The molecule has 1 heterocycles. The SMILES string of the molecule is Cc1csc(=O)n1CC(=O)NCCCC(C)C(=O)O. The lowest BCUT2D eigenvalue weighted by atomic mass is 10.1. The summed E-state index contributed by atoms with van der Waals surface area (Å²) in [5.74, 6) is -1.46. The minimum atomic E-state index is -0.827. The molecule has 0 radical (unpaired) electrons. The fourth-order valence-corrected chi connectivity index (χ4v) is 2.29. The van der Waals surface area contributed by atoms with Gasteiger partial charge in [-0.1, -0.05) is 18.3 Å². The number of aromatic nitrogens is 1. The normalized spacial score (nSPS) is 12.1. The molecule has 0 spiro atoms. The van der Waals surface area contributed by atoms with Crippen LogP contribution in [0, 0.1) is 12.8 Å². The van der Waals surface area contributed by atoms with Gasteiger partial charge in [0.1, 0.15) is 6.54 Å². The number of aliphatic carboxylic acids is 1. The summed E-state index contributed by atoms with van der Waals surface area (Å²) in [5.41, 5.74) is 0.768. The maximum Gasteiger partial charge on any atom is 0.307 e. The number of nitrogens with one attached hydrogen (secondary N) is 1. The van der Waals surface area contributed by atoms with Gasteiger partial charge in [-0.05, 0) is 19.8 Å². The lowest BCUT2D eigenvalue weighted by Crippen LogP contribution is -2.31. The van der Waals surface area contributed by atoms with Crippen LogP contribution in [-0.2, 0) is 16.1 Å². The third-order valence-corrected chi connectivity index (χ3v) is 3.72. The van der Waals surface area contributed by atoms with E-state index in [4.69, 9.17) is 5.11 Å². The number of amides is 1. The number of carbonyl (C=O) groups is 2. The van der Waals surface area contributed by atoms with E-state index in [2.05, 4.69) is 5.32 Å². The fourth-order valence-electron chi connectivity index (χ4n) is 1.56. The van der Waals surface area contributed by atoms with Gasteiger partial charge in [-0.2, -0.15) is 0 Å². The van der Waals surface area contributed by atoms with Crippen molar-refractivity contribution in [1.29, 1.82) is 0 Å². The highest BCUT2D eigenvalue weighted by Crippen LogP contribution is 2.04. The average molecular weight is 286 g/mol. The van der Waals surface area contributed by atoms with Gasteiger partial charge in [0.2, 0.25) is 5.91 Å². The van der Waals surface area contributed by atoms with Crippen LogP contribution in [0.4, 0.5) is 0 Å². The number of hydrogen-bond acceptors (Lipinski definition) is 4. The Morgan fingerprint density at radius 3 is 2.74 bits per heavy atom. The number of rotatable bonds is 7. The summed E-state index contributed by atoms with van der Waals surface area (Å²) in [7, 11) is 0. The molecule has 0 aliphatic carbocycles. The van der Waals surface area contributed by atoms with Crippen LogP contribution in [0.15, 0.2) is 10.2 Å². The summed E-state index contributed by atoms with van der Waals surface area (Å²) in [5, 5.41) is 13.1. The zero-order valence-corrected chi connectivity index (χ0v) is 11.8. The largest absolute Gasteiger partial charge is 0.481 e. The van der Waals surface area contributed by atoms with Gasteiger partial charge in [-0.3, -0.25) is 19.0 Å². The molecule has 1 aromatic rings. The first-order valence-corrected chi connectivity index (χ1v) is 6.94. The van der Waals surface area contributed by atoms with Crippen LogP contribution in [0.5, 0.6) is 0 Å². The molecule has 0 bridgehead atoms. The highest BCUT2D eigenvalue weighted by Gasteiger charge is 2.11. The molecule has 0 aliphatic rings. The van der Waals surface area contributed by atoms with Crippen molar-refractivity contribution in [3.63, 3.8) is 0 Å². The zero-order chi connectivity index (χ0) is 14.4. The Bertz CT molecular complexity index is 506. The van der Waals surface area contributed by atoms with Crippen LogP contribution in [0.3, 0.4) is 0 Å². The summed E-state index contributed by atoms with van der Waals surface area (Å²) in [6.45, 7) is 3.86. The fraction of sp³-hybridized carbons (Fsp3) is 0.583. The van der Waals surface area contributed by atoms with Crippen molar-refractivity contribution in [1.82, 2.24) is 9.88 Å². The van der Waals surface area contributed by atoms with Gasteiger partial charge in [0.15, 0.2) is 0 Å². The zero-order valence-electron chi connectivity index (χ0n) is 11.0. The minimum Gasteiger partial charge on any atom is -0.481 e. The Labute approximate surface area is 115 Å². The summed E-state index contributed by atoms with van der Waals surface area (Å²) in [4.78, 5) is 33.5. The van der Waals surface area contributed by atoms with E-state index in [1.54, 1.807) is 19.2 Å². The second kappa shape index (κ2) is 7.08. The molecule has 0 fully saturated rings. The topological polar surface area (TPSA) is 88.4 Å². The third-order valence-electron chi connectivity index (χ3n) is 2.84. The van der Waals surface area contributed by atoms with Crippen molar-refractivity contribution in [3.8, 4) is 0 Å². The van der Waals surface area contributed by atoms with E-state index in [9.17, 15) is 14.4 Å². The van der Waals surface area contributed by atoms with E-state index in [1.807, 2.05) is 0 Å². The molecule has 6 nitrogen and oxygen atoms in total. The van der Waals surface area contributed by atoms with Crippen molar-refractivity contribution >= 4 is 23.2 Å². The van der Waals surface area contributed by atoms with Crippen molar-refractivity contribution in [2.75, 3.05) is 6.54 Å². The molecule has 7 heteroatoms. The van der Waals surface area contributed by atoms with Crippen LogP contribution in [0.1, 0.15) is 25.5 Å². The lowest BCUT2D eigenvalue weighted by Gasteiger charge is -2.08.